The van der Waals surface area contributed by atoms with Crippen molar-refractivity contribution >= 4 is 46.3 Å². The quantitative estimate of drug-likeness (QED) is 0.223. The highest BCUT2D eigenvalue weighted by Gasteiger charge is 2.12. The lowest BCUT2D eigenvalue weighted by molar-refractivity contribution is -0.113. The Morgan fingerprint density at radius 1 is 1.44 bits per heavy atom. The number of nitrogens with zero attached hydrogens (tertiary/aromatic N) is 5. The summed E-state index contributed by atoms with van der Waals surface area (Å²) in [6, 6.07) is 7.44. The van der Waals surface area contributed by atoms with Gasteiger partial charge in [-0.1, -0.05) is 23.9 Å². The van der Waals surface area contributed by atoms with Gasteiger partial charge in [-0.25, -0.2) is 15.1 Å². The molecule has 0 radical (unpaired) electrons. The first kappa shape index (κ1) is 18.7. The summed E-state index contributed by atoms with van der Waals surface area (Å²) in [7, 11) is 1.59. The molecule has 3 rings (SSSR count). The summed E-state index contributed by atoms with van der Waals surface area (Å²) in [6.07, 6.45) is 3.20. The molecule has 0 saturated carbocycles. The van der Waals surface area contributed by atoms with E-state index in [0.29, 0.717) is 16.0 Å². The Hall–Kier alpha value is -3.12. The number of thiazole rings is 1. The molecule has 3 aromatic rings. The van der Waals surface area contributed by atoms with E-state index in [1.807, 2.05) is 24.3 Å². The van der Waals surface area contributed by atoms with Crippen LogP contribution in [0.5, 0.6) is 5.75 Å². The number of carbonyl (C=O) groups is 1. The van der Waals surface area contributed by atoms with Gasteiger partial charge >= 0.3 is 0 Å². The molecule has 0 aliphatic heterocycles. The number of amides is 1. The van der Waals surface area contributed by atoms with Crippen molar-refractivity contribution in [3.05, 3.63) is 41.4 Å². The standard InChI is InChI=1S/C15H16N8O2S2/c1-25-11-5-3-2-4-10(11)8-18-20-13-21-22-15(23(13)16)27-9-12(24)19-14-17-6-7-26-14/h2-8H,9,16H2,1H3,(H,20,21)(H,17,19,24)/b18-8+. The van der Waals surface area contributed by atoms with Gasteiger partial charge in [0.1, 0.15) is 5.75 Å². The van der Waals surface area contributed by atoms with Crippen LogP contribution in [-0.4, -0.2) is 44.8 Å². The predicted octanol–water partition coefficient (Wildman–Crippen LogP) is 1.63. The topological polar surface area (TPSA) is 132 Å². The first-order valence-electron chi connectivity index (χ1n) is 7.62. The minimum absolute atomic E-state index is 0.124. The fraction of sp³-hybridized carbons (Fsp3) is 0.133. The normalized spacial score (nSPS) is 10.9. The molecule has 1 amide bonds. The van der Waals surface area contributed by atoms with E-state index < -0.39 is 0 Å². The number of hydrogen-bond donors (Lipinski definition) is 3. The van der Waals surface area contributed by atoms with Gasteiger partial charge in [0.15, 0.2) is 5.13 Å². The lowest BCUT2D eigenvalue weighted by atomic mass is 10.2. The number of anilines is 2. The zero-order valence-electron chi connectivity index (χ0n) is 14.2. The monoisotopic (exact) mass is 404 g/mol. The lowest BCUT2D eigenvalue weighted by Crippen LogP contribution is -2.16. The number of aromatic nitrogens is 4. The molecule has 0 unspecified atom stereocenters. The third-order valence-corrected chi connectivity index (χ3v) is 4.81. The zero-order valence-corrected chi connectivity index (χ0v) is 15.8. The van der Waals surface area contributed by atoms with Crippen LogP contribution in [0.3, 0.4) is 0 Å². The molecule has 2 heterocycles. The van der Waals surface area contributed by atoms with Crippen LogP contribution in [0.15, 0.2) is 46.1 Å². The maximum Gasteiger partial charge on any atom is 0.264 e. The molecule has 0 aliphatic rings. The number of para-hydroxylation sites is 1. The first-order chi connectivity index (χ1) is 13.2. The van der Waals surface area contributed by atoms with Crippen LogP contribution in [-0.2, 0) is 4.79 Å². The summed E-state index contributed by atoms with van der Waals surface area (Å²) in [5.74, 6) is 6.78. The van der Waals surface area contributed by atoms with Crippen molar-refractivity contribution in [3.8, 4) is 5.75 Å². The molecule has 0 saturated heterocycles. The van der Waals surface area contributed by atoms with Crippen molar-refractivity contribution in [3.63, 3.8) is 0 Å². The smallest absolute Gasteiger partial charge is 0.264 e. The number of hydrazone groups is 1. The Kier molecular flexibility index (Phi) is 6.22. The molecule has 0 aliphatic carbocycles. The summed E-state index contributed by atoms with van der Waals surface area (Å²) >= 11 is 2.50. The highest BCUT2D eigenvalue weighted by atomic mass is 32.2. The highest BCUT2D eigenvalue weighted by Crippen LogP contribution is 2.18. The van der Waals surface area contributed by atoms with Crippen molar-refractivity contribution in [1.82, 2.24) is 19.9 Å². The second kappa shape index (κ2) is 9.00. The fourth-order valence-corrected chi connectivity index (χ4v) is 3.16. The Morgan fingerprint density at radius 3 is 3.07 bits per heavy atom. The molecular formula is C15H16N8O2S2. The molecule has 140 valence electrons. The van der Waals surface area contributed by atoms with Gasteiger partial charge < -0.3 is 15.9 Å². The number of nitrogen functional groups attached to an aromatic ring is 1. The number of thioether (sulfide) groups is 1. The lowest BCUT2D eigenvalue weighted by Gasteiger charge is -2.04. The number of nitrogens with one attached hydrogen (secondary N) is 2. The van der Waals surface area contributed by atoms with Crippen LogP contribution >= 0.6 is 23.1 Å². The van der Waals surface area contributed by atoms with Crippen LogP contribution in [0.25, 0.3) is 0 Å². The molecule has 4 N–H and O–H groups in total. The van der Waals surface area contributed by atoms with E-state index in [1.165, 1.54) is 16.0 Å². The van der Waals surface area contributed by atoms with E-state index in [1.54, 1.807) is 24.9 Å². The van der Waals surface area contributed by atoms with Crippen molar-refractivity contribution < 1.29 is 9.53 Å². The molecule has 0 bridgehead atoms. The van der Waals surface area contributed by atoms with E-state index in [9.17, 15) is 4.79 Å². The summed E-state index contributed by atoms with van der Waals surface area (Å²) in [5.41, 5.74) is 3.51. The second-order valence-electron chi connectivity index (χ2n) is 4.96. The first-order valence-corrected chi connectivity index (χ1v) is 9.48. The molecule has 27 heavy (non-hydrogen) atoms. The third-order valence-electron chi connectivity index (χ3n) is 3.18. The van der Waals surface area contributed by atoms with Gasteiger partial charge in [0.2, 0.25) is 11.1 Å². The Balaban J connectivity index is 1.55. The number of hydrogen-bond acceptors (Lipinski definition) is 10. The minimum atomic E-state index is -0.207. The number of carbonyl (C=O) groups excluding carboxylic acids is 1. The number of benzene rings is 1. The molecule has 10 nitrogen and oxygen atoms in total. The summed E-state index contributed by atoms with van der Waals surface area (Å²) in [6.45, 7) is 0. The predicted molar refractivity (Wildman–Crippen MR) is 106 cm³/mol. The van der Waals surface area contributed by atoms with E-state index in [2.05, 4.69) is 31.0 Å². The van der Waals surface area contributed by atoms with Crippen molar-refractivity contribution in [2.24, 2.45) is 5.10 Å². The maximum atomic E-state index is 11.9. The minimum Gasteiger partial charge on any atom is -0.496 e. The molecular weight excluding hydrogens is 388 g/mol. The average Bonchev–Trinajstić information content (AvgIpc) is 3.31. The van der Waals surface area contributed by atoms with E-state index in [0.717, 1.165) is 17.3 Å². The van der Waals surface area contributed by atoms with E-state index >= 15 is 0 Å². The summed E-state index contributed by atoms with van der Waals surface area (Å²) in [5, 5.41) is 17.3. The molecule has 12 heteroatoms. The Labute approximate surface area is 162 Å². The Morgan fingerprint density at radius 2 is 2.30 bits per heavy atom. The van der Waals surface area contributed by atoms with E-state index in [-0.39, 0.29) is 17.6 Å². The zero-order chi connectivity index (χ0) is 19.1. The second-order valence-corrected chi connectivity index (χ2v) is 6.80. The van der Waals surface area contributed by atoms with Crippen molar-refractivity contribution in [2.45, 2.75) is 5.16 Å². The van der Waals surface area contributed by atoms with Gasteiger partial charge in [0, 0.05) is 17.1 Å². The molecule has 0 spiro atoms. The maximum absolute atomic E-state index is 11.9. The number of rotatable bonds is 8. The summed E-state index contributed by atoms with van der Waals surface area (Å²) < 4.78 is 6.47. The fourth-order valence-electron chi connectivity index (χ4n) is 1.95. The van der Waals surface area contributed by atoms with Gasteiger partial charge in [-0.05, 0) is 12.1 Å². The van der Waals surface area contributed by atoms with Gasteiger partial charge in [0.05, 0.1) is 19.1 Å². The molecule has 2 aromatic heterocycles. The van der Waals surface area contributed by atoms with Crippen LogP contribution in [0, 0.1) is 0 Å². The van der Waals surface area contributed by atoms with Crippen LogP contribution < -0.4 is 21.3 Å². The molecule has 0 atom stereocenters. The van der Waals surface area contributed by atoms with Crippen molar-refractivity contribution in [1.29, 1.82) is 0 Å². The third kappa shape index (κ3) is 4.95. The number of ether oxygens (including phenoxy) is 1. The largest absolute Gasteiger partial charge is 0.496 e. The SMILES string of the molecule is COc1ccccc1/C=N/Nc1nnc(SCC(=O)Nc2nccs2)n1N. The van der Waals surface area contributed by atoms with Crippen LogP contribution in [0.2, 0.25) is 0 Å². The van der Waals surface area contributed by atoms with E-state index in [4.69, 9.17) is 10.6 Å². The molecule has 0 fully saturated rings. The van der Waals surface area contributed by atoms with Crippen LogP contribution in [0.4, 0.5) is 11.1 Å². The van der Waals surface area contributed by atoms with Gasteiger partial charge in [-0.3, -0.25) is 4.79 Å². The van der Waals surface area contributed by atoms with Gasteiger partial charge in [-0.2, -0.15) is 5.10 Å². The summed E-state index contributed by atoms with van der Waals surface area (Å²) in [4.78, 5) is 15.9. The highest BCUT2D eigenvalue weighted by molar-refractivity contribution is 7.99. The average molecular weight is 404 g/mol. The van der Waals surface area contributed by atoms with Gasteiger partial charge in [0.25, 0.3) is 5.95 Å². The molecule has 1 aromatic carbocycles. The Bertz CT molecular complexity index is 926. The number of nitrogens with two attached hydrogens (primary N) is 1. The van der Waals surface area contributed by atoms with Crippen LogP contribution in [0.1, 0.15) is 5.56 Å². The number of methoxy groups -OCH3 is 1. The van der Waals surface area contributed by atoms with Gasteiger partial charge in [-0.15, -0.1) is 21.5 Å². The van der Waals surface area contributed by atoms with Crippen molar-refractivity contribution in [2.75, 3.05) is 29.4 Å².